The Morgan fingerprint density at radius 3 is 2.69 bits per heavy atom. The summed E-state index contributed by atoms with van der Waals surface area (Å²) in [6.07, 6.45) is 1.95. The summed E-state index contributed by atoms with van der Waals surface area (Å²) in [4.78, 5) is 14.8. The van der Waals surface area contributed by atoms with Gasteiger partial charge >= 0.3 is 0 Å². The van der Waals surface area contributed by atoms with Gasteiger partial charge in [-0.05, 0) is 48.7 Å². The Morgan fingerprint density at radius 2 is 2.08 bits per heavy atom. The van der Waals surface area contributed by atoms with Gasteiger partial charge in [-0.2, -0.15) is 0 Å². The van der Waals surface area contributed by atoms with Gasteiger partial charge in [-0.15, -0.1) is 0 Å². The Labute approximate surface area is 157 Å². The van der Waals surface area contributed by atoms with E-state index < -0.39 is 0 Å². The topological polar surface area (TPSA) is 38.8 Å². The zero-order chi connectivity index (χ0) is 18.5. The molecule has 138 valence electrons. The quantitative estimate of drug-likeness (QED) is 0.753. The number of ether oxygens (including phenoxy) is 2. The Morgan fingerprint density at radius 1 is 1.31 bits per heavy atom. The largest absolute Gasteiger partial charge is 0.495 e. The molecule has 1 aliphatic heterocycles. The first-order chi connectivity index (χ1) is 12.6. The molecule has 0 aromatic heterocycles. The summed E-state index contributed by atoms with van der Waals surface area (Å²) in [6, 6.07) is 11.1. The monoisotopic (exact) mass is 377 g/mol. The fourth-order valence-electron chi connectivity index (χ4n) is 3.05. The fourth-order valence-corrected chi connectivity index (χ4v) is 3.30. The van der Waals surface area contributed by atoms with Crippen LogP contribution in [-0.4, -0.2) is 37.2 Å². The molecule has 0 saturated carbocycles. The number of nitrogens with zero attached hydrogens (tertiary/aromatic N) is 1. The molecule has 2 aromatic carbocycles. The predicted octanol–water partition coefficient (Wildman–Crippen LogP) is 4.31. The SMILES string of the molecule is COc1ccc(C(=O)N(Cc2ccc(F)cc2)CC2CCCO2)cc1Cl. The molecule has 4 nitrogen and oxygen atoms in total. The van der Waals surface area contributed by atoms with Crippen LogP contribution in [0, 0.1) is 5.82 Å². The van der Waals surface area contributed by atoms with Crippen LogP contribution in [0.2, 0.25) is 5.02 Å². The van der Waals surface area contributed by atoms with Crippen LogP contribution >= 0.6 is 11.6 Å². The van der Waals surface area contributed by atoms with Gasteiger partial charge in [-0.25, -0.2) is 4.39 Å². The van der Waals surface area contributed by atoms with Gasteiger partial charge in [-0.1, -0.05) is 23.7 Å². The number of carbonyl (C=O) groups excluding carboxylic acids is 1. The minimum absolute atomic E-state index is 0.0214. The summed E-state index contributed by atoms with van der Waals surface area (Å²) in [6.45, 7) is 1.58. The number of rotatable bonds is 6. The number of methoxy groups -OCH3 is 1. The average Bonchev–Trinajstić information content (AvgIpc) is 3.15. The van der Waals surface area contributed by atoms with E-state index in [4.69, 9.17) is 21.1 Å². The lowest BCUT2D eigenvalue weighted by molar-refractivity contribution is 0.0507. The van der Waals surface area contributed by atoms with Gasteiger partial charge in [0.15, 0.2) is 0 Å². The van der Waals surface area contributed by atoms with Gasteiger partial charge in [0.2, 0.25) is 0 Å². The minimum Gasteiger partial charge on any atom is -0.495 e. The van der Waals surface area contributed by atoms with Crippen molar-refractivity contribution in [2.45, 2.75) is 25.5 Å². The van der Waals surface area contributed by atoms with E-state index in [9.17, 15) is 9.18 Å². The van der Waals surface area contributed by atoms with Gasteiger partial charge in [0.05, 0.1) is 18.2 Å². The number of carbonyl (C=O) groups is 1. The summed E-state index contributed by atoms with van der Waals surface area (Å²) in [7, 11) is 1.53. The van der Waals surface area contributed by atoms with Gasteiger partial charge in [0.25, 0.3) is 5.91 Å². The number of hydrogen-bond donors (Lipinski definition) is 0. The van der Waals surface area contributed by atoms with Crippen molar-refractivity contribution in [2.75, 3.05) is 20.3 Å². The maximum Gasteiger partial charge on any atom is 0.254 e. The molecule has 1 amide bonds. The molecule has 0 bridgehead atoms. The maximum absolute atomic E-state index is 13.2. The van der Waals surface area contributed by atoms with Gasteiger partial charge in [0.1, 0.15) is 11.6 Å². The molecular weight excluding hydrogens is 357 g/mol. The highest BCUT2D eigenvalue weighted by Crippen LogP contribution is 2.26. The summed E-state index contributed by atoms with van der Waals surface area (Å²) in [5.74, 6) is 0.0782. The Bertz CT molecular complexity index is 760. The second kappa shape index (κ2) is 8.52. The molecule has 0 radical (unpaired) electrons. The number of benzene rings is 2. The van der Waals surface area contributed by atoms with Crippen LogP contribution in [0.15, 0.2) is 42.5 Å². The zero-order valence-electron chi connectivity index (χ0n) is 14.6. The van der Waals surface area contributed by atoms with Crippen LogP contribution in [0.3, 0.4) is 0 Å². The second-order valence-corrected chi connectivity index (χ2v) is 6.70. The normalized spacial score (nSPS) is 16.5. The van der Waals surface area contributed by atoms with E-state index in [2.05, 4.69) is 0 Å². The minimum atomic E-state index is -0.298. The van der Waals surface area contributed by atoms with Crippen molar-refractivity contribution in [1.29, 1.82) is 0 Å². The van der Waals surface area contributed by atoms with E-state index in [1.165, 1.54) is 19.2 Å². The summed E-state index contributed by atoms with van der Waals surface area (Å²) in [5.41, 5.74) is 1.34. The molecule has 3 rings (SSSR count). The number of halogens is 2. The van der Waals surface area contributed by atoms with Crippen molar-refractivity contribution in [3.63, 3.8) is 0 Å². The Balaban J connectivity index is 1.82. The highest BCUT2D eigenvalue weighted by molar-refractivity contribution is 6.32. The van der Waals surface area contributed by atoms with E-state index >= 15 is 0 Å². The van der Waals surface area contributed by atoms with Gasteiger partial charge in [-0.3, -0.25) is 4.79 Å². The zero-order valence-corrected chi connectivity index (χ0v) is 15.3. The molecule has 1 unspecified atom stereocenters. The first-order valence-electron chi connectivity index (χ1n) is 8.55. The highest BCUT2D eigenvalue weighted by atomic mass is 35.5. The molecule has 2 aromatic rings. The van der Waals surface area contributed by atoms with Crippen molar-refractivity contribution in [3.8, 4) is 5.75 Å². The maximum atomic E-state index is 13.2. The lowest BCUT2D eigenvalue weighted by Gasteiger charge is -2.26. The smallest absolute Gasteiger partial charge is 0.254 e. The third-order valence-corrected chi connectivity index (χ3v) is 4.72. The van der Waals surface area contributed by atoms with Crippen molar-refractivity contribution in [1.82, 2.24) is 4.90 Å². The van der Waals surface area contributed by atoms with Crippen LogP contribution in [0.5, 0.6) is 5.75 Å². The Hall–Kier alpha value is -2.11. The number of hydrogen-bond acceptors (Lipinski definition) is 3. The molecular formula is C20H21ClFNO3. The van der Waals surface area contributed by atoms with Crippen molar-refractivity contribution < 1.29 is 18.7 Å². The third-order valence-electron chi connectivity index (χ3n) is 4.42. The molecule has 1 heterocycles. The standard InChI is InChI=1S/C20H21ClFNO3/c1-25-19-9-6-15(11-18(19)21)20(24)23(13-17-3-2-10-26-17)12-14-4-7-16(22)8-5-14/h4-9,11,17H,2-3,10,12-13H2,1H3. The molecule has 1 atom stereocenters. The molecule has 1 saturated heterocycles. The number of amides is 1. The van der Waals surface area contributed by atoms with Gasteiger partial charge < -0.3 is 14.4 Å². The van der Waals surface area contributed by atoms with E-state index in [1.807, 2.05) is 0 Å². The lowest BCUT2D eigenvalue weighted by atomic mass is 10.1. The van der Waals surface area contributed by atoms with Crippen LogP contribution in [0.4, 0.5) is 4.39 Å². The van der Waals surface area contributed by atoms with Crippen molar-refractivity contribution in [3.05, 3.63) is 64.4 Å². The molecule has 0 N–H and O–H groups in total. The van der Waals surface area contributed by atoms with E-state index in [1.54, 1.807) is 35.2 Å². The van der Waals surface area contributed by atoms with Gasteiger partial charge in [0, 0.05) is 25.3 Å². The van der Waals surface area contributed by atoms with Crippen molar-refractivity contribution in [2.24, 2.45) is 0 Å². The average molecular weight is 378 g/mol. The summed E-state index contributed by atoms with van der Waals surface area (Å²) < 4.78 is 24.0. The summed E-state index contributed by atoms with van der Waals surface area (Å²) in [5, 5.41) is 0.386. The molecule has 0 aliphatic carbocycles. The molecule has 6 heteroatoms. The van der Waals surface area contributed by atoms with E-state index in [-0.39, 0.29) is 17.8 Å². The van der Waals surface area contributed by atoms with E-state index in [0.717, 1.165) is 25.0 Å². The molecule has 26 heavy (non-hydrogen) atoms. The van der Waals surface area contributed by atoms with Crippen LogP contribution < -0.4 is 4.74 Å². The second-order valence-electron chi connectivity index (χ2n) is 6.30. The predicted molar refractivity (Wildman–Crippen MR) is 98.1 cm³/mol. The first-order valence-corrected chi connectivity index (χ1v) is 8.93. The van der Waals surface area contributed by atoms with Crippen LogP contribution in [0.25, 0.3) is 0 Å². The molecule has 1 aliphatic rings. The van der Waals surface area contributed by atoms with Crippen LogP contribution in [0.1, 0.15) is 28.8 Å². The molecule has 1 fully saturated rings. The van der Waals surface area contributed by atoms with Crippen molar-refractivity contribution >= 4 is 17.5 Å². The third kappa shape index (κ3) is 4.54. The molecule has 0 spiro atoms. The lowest BCUT2D eigenvalue weighted by Crippen LogP contribution is -2.37. The fraction of sp³-hybridized carbons (Fsp3) is 0.350. The van der Waals surface area contributed by atoms with E-state index in [0.29, 0.717) is 29.4 Å². The van der Waals surface area contributed by atoms with Crippen LogP contribution in [-0.2, 0) is 11.3 Å². The Kier molecular flexibility index (Phi) is 6.12. The first kappa shape index (κ1) is 18.7. The highest BCUT2D eigenvalue weighted by Gasteiger charge is 2.24. The summed E-state index contributed by atoms with van der Waals surface area (Å²) >= 11 is 6.16.